The van der Waals surface area contributed by atoms with E-state index in [9.17, 15) is 24.6 Å². The molecule has 22 heavy (non-hydrogen) atoms. The van der Waals surface area contributed by atoms with Crippen LogP contribution < -0.4 is 11.2 Å². The van der Waals surface area contributed by atoms with Gasteiger partial charge in [0.2, 0.25) is 0 Å². The van der Waals surface area contributed by atoms with Crippen LogP contribution in [0, 0.1) is 0 Å². The van der Waals surface area contributed by atoms with E-state index in [0.29, 0.717) is 0 Å². The summed E-state index contributed by atoms with van der Waals surface area (Å²) in [4.78, 5) is 36.7. The van der Waals surface area contributed by atoms with E-state index in [1.54, 1.807) is 0 Å². The highest BCUT2D eigenvalue weighted by molar-refractivity contribution is 5.72. The van der Waals surface area contributed by atoms with Crippen LogP contribution in [0.5, 0.6) is 0 Å². The first kappa shape index (κ1) is 16.4. The summed E-state index contributed by atoms with van der Waals surface area (Å²) in [7, 11) is 1.15. The SMILES string of the molecule is COC(=O)Cc1cn(C2OC(CO)C(O)C2O)c(=O)[nH]c1=O. The van der Waals surface area contributed by atoms with Gasteiger partial charge in [-0.25, -0.2) is 4.79 Å². The third kappa shape index (κ3) is 2.95. The quantitative estimate of drug-likeness (QED) is 0.425. The van der Waals surface area contributed by atoms with Gasteiger partial charge in [-0.1, -0.05) is 0 Å². The maximum absolute atomic E-state index is 11.8. The van der Waals surface area contributed by atoms with Crippen molar-refractivity contribution in [1.82, 2.24) is 9.55 Å². The van der Waals surface area contributed by atoms with Crippen LogP contribution in [0.4, 0.5) is 0 Å². The Morgan fingerprint density at radius 1 is 1.41 bits per heavy atom. The van der Waals surface area contributed by atoms with E-state index in [1.807, 2.05) is 4.98 Å². The molecule has 2 rings (SSSR count). The van der Waals surface area contributed by atoms with Crippen molar-refractivity contribution < 1.29 is 29.6 Å². The second-order valence-electron chi connectivity index (χ2n) is 4.80. The highest BCUT2D eigenvalue weighted by Gasteiger charge is 2.43. The van der Waals surface area contributed by atoms with Crippen molar-refractivity contribution in [1.29, 1.82) is 0 Å². The maximum Gasteiger partial charge on any atom is 0.330 e. The Bertz CT molecular complexity index is 666. The van der Waals surface area contributed by atoms with E-state index in [2.05, 4.69) is 4.74 Å². The van der Waals surface area contributed by atoms with Gasteiger partial charge in [0.25, 0.3) is 5.56 Å². The third-order valence-electron chi connectivity index (χ3n) is 3.40. The highest BCUT2D eigenvalue weighted by atomic mass is 16.6. The van der Waals surface area contributed by atoms with Gasteiger partial charge in [-0.3, -0.25) is 19.1 Å². The molecule has 10 heteroatoms. The number of nitrogens with zero attached hydrogens (tertiary/aromatic N) is 1. The summed E-state index contributed by atoms with van der Waals surface area (Å²) >= 11 is 0. The van der Waals surface area contributed by atoms with E-state index >= 15 is 0 Å². The minimum Gasteiger partial charge on any atom is -0.469 e. The molecule has 0 bridgehead atoms. The summed E-state index contributed by atoms with van der Waals surface area (Å²) in [6.45, 7) is -0.554. The predicted molar refractivity (Wildman–Crippen MR) is 70.1 cm³/mol. The lowest BCUT2D eigenvalue weighted by atomic mass is 10.1. The van der Waals surface area contributed by atoms with Crippen molar-refractivity contribution in [3.63, 3.8) is 0 Å². The van der Waals surface area contributed by atoms with Crippen LogP contribution in [-0.2, 0) is 20.7 Å². The molecule has 1 fully saturated rings. The van der Waals surface area contributed by atoms with Crippen LogP contribution in [0.2, 0.25) is 0 Å². The molecule has 4 N–H and O–H groups in total. The zero-order valence-corrected chi connectivity index (χ0v) is 11.6. The van der Waals surface area contributed by atoms with Gasteiger partial charge in [0.1, 0.15) is 18.3 Å². The summed E-state index contributed by atoms with van der Waals surface area (Å²) in [6, 6.07) is 0. The molecule has 1 aliphatic heterocycles. The number of H-pyrrole nitrogens is 1. The van der Waals surface area contributed by atoms with E-state index in [0.717, 1.165) is 17.9 Å². The van der Waals surface area contributed by atoms with Gasteiger partial charge in [-0.15, -0.1) is 0 Å². The number of ether oxygens (including phenoxy) is 2. The van der Waals surface area contributed by atoms with Crippen molar-refractivity contribution in [2.45, 2.75) is 31.0 Å². The largest absolute Gasteiger partial charge is 0.469 e. The van der Waals surface area contributed by atoms with Crippen LogP contribution in [0.15, 0.2) is 15.8 Å². The zero-order chi connectivity index (χ0) is 16.4. The van der Waals surface area contributed by atoms with Gasteiger partial charge >= 0.3 is 11.7 Å². The Hall–Kier alpha value is -2.01. The summed E-state index contributed by atoms with van der Waals surface area (Å²) in [5.41, 5.74) is -1.71. The number of rotatable bonds is 4. The second kappa shape index (κ2) is 6.40. The fourth-order valence-corrected chi connectivity index (χ4v) is 2.18. The molecule has 4 atom stereocenters. The summed E-state index contributed by atoms with van der Waals surface area (Å²) in [5, 5.41) is 28.6. The number of methoxy groups -OCH3 is 1. The highest BCUT2D eigenvalue weighted by Crippen LogP contribution is 2.27. The molecule has 0 aliphatic carbocycles. The van der Waals surface area contributed by atoms with Crippen molar-refractivity contribution in [2.24, 2.45) is 0 Å². The molecule has 0 spiro atoms. The number of aliphatic hydroxyl groups is 3. The Balaban J connectivity index is 2.39. The Labute approximate surface area is 123 Å². The Morgan fingerprint density at radius 2 is 2.09 bits per heavy atom. The number of carbonyl (C=O) groups is 1. The first-order valence-corrected chi connectivity index (χ1v) is 6.42. The van der Waals surface area contributed by atoms with Crippen molar-refractivity contribution >= 4 is 5.97 Å². The molecule has 122 valence electrons. The number of hydrogen-bond acceptors (Lipinski definition) is 8. The minimum absolute atomic E-state index is 0.0656. The molecule has 1 aromatic heterocycles. The van der Waals surface area contributed by atoms with Gasteiger partial charge in [0, 0.05) is 11.8 Å². The minimum atomic E-state index is -1.48. The Kier molecular flexibility index (Phi) is 4.76. The van der Waals surface area contributed by atoms with Gasteiger partial charge in [0.15, 0.2) is 6.23 Å². The molecule has 2 heterocycles. The first-order valence-electron chi connectivity index (χ1n) is 6.42. The van der Waals surface area contributed by atoms with Crippen LogP contribution in [-0.4, -0.2) is 62.9 Å². The number of nitrogens with one attached hydrogen (secondary N) is 1. The zero-order valence-electron chi connectivity index (χ0n) is 11.6. The molecule has 0 radical (unpaired) electrons. The fourth-order valence-electron chi connectivity index (χ4n) is 2.18. The van der Waals surface area contributed by atoms with Gasteiger partial charge < -0.3 is 24.8 Å². The van der Waals surface area contributed by atoms with Crippen LogP contribution in [0.25, 0.3) is 0 Å². The predicted octanol–water partition coefficient (Wildman–Crippen LogP) is -3.14. The number of aromatic nitrogens is 2. The molecule has 4 unspecified atom stereocenters. The topological polar surface area (TPSA) is 151 Å². The molecule has 1 saturated heterocycles. The number of carbonyl (C=O) groups excluding carboxylic acids is 1. The first-order chi connectivity index (χ1) is 10.4. The molecule has 1 aliphatic rings. The van der Waals surface area contributed by atoms with Gasteiger partial charge in [-0.2, -0.15) is 0 Å². The standard InChI is InChI=1S/C12H16N2O8/c1-21-7(16)2-5-3-14(12(20)13-10(5)19)11-9(18)8(17)6(4-15)22-11/h3,6,8-9,11,15,17-18H,2,4H2,1H3,(H,13,19,20). The van der Waals surface area contributed by atoms with Gasteiger partial charge in [0.05, 0.1) is 20.1 Å². The summed E-state index contributed by atoms with van der Waals surface area (Å²) < 4.78 is 10.5. The third-order valence-corrected chi connectivity index (χ3v) is 3.40. The smallest absolute Gasteiger partial charge is 0.330 e. The number of aliphatic hydroxyl groups excluding tert-OH is 3. The van der Waals surface area contributed by atoms with E-state index < -0.39 is 48.4 Å². The molecular weight excluding hydrogens is 300 g/mol. The average Bonchev–Trinajstić information content (AvgIpc) is 2.77. The van der Waals surface area contributed by atoms with Crippen molar-refractivity contribution in [3.05, 3.63) is 32.6 Å². The number of aromatic amines is 1. The number of hydrogen-bond donors (Lipinski definition) is 4. The second-order valence-corrected chi connectivity index (χ2v) is 4.80. The number of esters is 1. The lowest BCUT2D eigenvalue weighted by Gasteiger charge is -2.17. The van der Waals surface area contributed by atoms with E-state index in [4.69, 9.17) is 9.84 Å². The van der Waals surface area contributed by atoms with Crippen LogP contribution in [0.1, 0.15) is 11.8 Å². The fraction of sp³-hybridized carbons (Fsp3) is 0.583. The van der Waals surface area contributed by atoms with Crippen molar-refractivity contribution in [3.8, 4) is 0 Å². The molecule has 10 nitrogen and oxygen atoms in total. The normalized spacial score (nSPS) is 27.8. The monoisotopic (exact) mass is 316 g/mol. The average molecular weight is 316 g/mol. The molecular formula is C12H16N2O8. The van der Waals surface area contributed by atoms with Crippen molar-refractivity contribution in [2.75, 3.05) is 13.7 Å². The Morgan fingerprint density at radius 3 is 2.64 bits per heavy atom. The molecule has 1 aromatic rings. The van der Waals surface area contributed by atoms with Crippen LogP contribution in [0.3, 0.4) is 0 Å². The molecule has 0 saturated carbocycles. The van der Waals surface area contributed by atoms with E-state index in [1.165, 1.54) is 0 Å². The summed E-state index contributed by atoms with van der Waals surface area (Å²) in [5.74, 6) is -0.683. The van der Waals surface area contributed by atoms with Gasteiger partial charge in [-0.05, 0) is 0 Å². The lowest BCUT2D eigenvalue weighted by molar-refractivity contribution is -0.139. The molecule has 0 amide bonds. The lowest BCUT2D eigenvalue weighted by Crippen LogP contribution is -2.39. The maximum atomic E-state index is 11.8. The molecule has 0 aromatic carbocycles. The van der Waals surface area contributed by atoms with E-state index in [-0.39, 0.29) is 12.0 Å². The summed E-state index contributed by atoms with van der Waals surface area (Å²) in [6.07, 6.45) is -4.56. The van der Waals surface area contributed by atoms with Crippen LogP contribution >= 0.6 is 0 Å².